The van der Waals surface area contributed by atoms with E-state index in [1.807, 2.05) is 35.9 Å². The molecule has 1 N–H and O–H groups in total. The molecule has 112 valence electrons. The SMILES string of the molecule is C=CC[n+]1nc(C)sc1C=Cc1ccc(OC)c(O)c1.[Cl-]. The summed E-state index contributed by atoms with van der Waals surface area (Å²) < 4.78 is 6.92. The average molecular weight is 325 g/mol. The lowest BCUT2D eigenvalue weighted by Crippen LogP contribution is -3.00. The van der Waals surface area contributed by atoms with Crippen LogP contribution in [0.15, 0.2) is 30.9 Å². The third-order valence-electron chi connectivity index (χ3n) is 2.69. The van der Waals surface area contributed by atoms with Gasteiger partial charge in [-0.3, -0.25) is 0 Å². The third kappa shape index (κ3) is 4.31. The first-order valence-corrected chi connectivity index (χ1v) is 6.99. The van der Waals surface area contributed by atoms with E-state index in [0.717, 1.165) is 15.6 Å². The lowest BCUT2D eigenvalue weighted by molar-refractivity contribution is -0.741. The molecule has 0 radical (unpaired) electrons. The number of benzene rings is 1. The van der Waals surface area contributed by atoms with E-state index in [2.05, 4.69) is 11.7 Å². The monoisotopic (exact) mass is 324 g/mol. The molecule has 0 aliphatic carbocycles. The second-order valence-electron chi connectivity index (χ2n) is 4.19. The zero-order chi connectivity index (χ0) is 14.5. The number of phenolic OH excluding ortho intramolecular Hbond substituents is 1. The van der Waals surface area contributed by atoms with Crippen LogP contribution in [0.25, 0.3) is 12.2 Å². The van der Waals surface area contributed by atoms with Crippen LogP contribution in [0, 0.1) is 6.92 Å². The maximum atomic E-state index is 9.74. The number of methoxy groups -OCH3 is 1. The molecule has 0 amide bonds. The Bertz CT molecular complexity index is 653. The quantitative estimate of drug-likeness (QED) is 0.613. The van der Waals surface area contributed by atoms with Crippen molar-refractivity contribution < 1.29 is 26.9 Å². The fourth-order valence-electron chi connectivity index (χ4n) is 1.80. The number of ether oxygens (including phenoxy) is 1. The van der Waals surface area contributed by atoms with Gasteiger partial charge in [0.05, 0.1) is 7.11 Å². The van der Waals surface area contributed by atoms with Gasteiger partial charge in [-0.15, -0.1) is 0 Å². The lowest BCUT2D eigenvalue weighted by atomic mass is 10.2. The Morgan fingerprint density at radius 3 is 2.81 bits per heavy atom. The van der Waals surface area contributed by atoms with Crippen molar-refractivity contribution in [2.45, 2.75) is 13.5 Å². The van der Waals surface area contributed by atoms with Gasteiger partial charge in [0.25, 0.3) is 5.01 Å². The first kappa shape index (κ1) is 17.2. The smallest absolute Gasteiger partial charge is 0.289 e. The van der Waals surface area contributed by atoms with Crippen LogP contribution in [0.4, 0.5) is 0 Å². The van der Waals surface area contributed by atoms with Crippen molar-refractivity contribution in [2.75, 3.05) is 7.11 Å². The molecule has 1 aromatic heterocycles. The molecule has 2 aromatic rings. The standard InChI is InChI=1S/C15H16N2O2S.ClH/c1-4-9-17-15(20-11(2)16-17)8-6-12-5-7-14(19-3)13(18)10-12;/h4-8,10H,1,9H2,2-3H3;1H. The molecule has 2 rings (SSSR count). The van der Waals surface area contributed by atoms with Crippen molar-refractivity contribution >= 4 is 23.5 Å². The number of aryl methyl sites for hydroxylation is 1. The molecule has 0 saturated carbocycles. The summed E-state index contributed by atoms with van der Waals surface area (Å²) in [6, 6.07) is 5.30. The zero-order valence-corrected chi connectivity index (χ0v) is 13.5. The van der Waals surface area contributed by atoms with Crippen LogP contribution in [0.2, 0.25) is 0 Å². The third-order valence-corrected chi connectivity index (χ3v) is 3.62. The van der Waals surface area contributed by atoms with E-state index in [1.54, 1.807) is 23.5 Å². The Kier molecular flexibility index (Phi) is 6.39. The normalized spacial score (nSPS) is 10.4. The lowest BCUT2D eigenvalue weighted by Gasteiger charge is -2.02. The molecule has 4 nitrogen and oxygen atoms in total. The van der Waals surface area contributed by atoms with E-state index in [1.165, 1.54) is 7.11 Å². The molecular weight excluding hydrogens is 308 g/mol. The van der Waals surface area contributed by atoms with E-state index in [9.17, 15) is 5.11 Å². The number of hydrogen-bond acceptors (Lipinski definition) is 4. The van der Waals surface area contributed by atoms with Gasteiger partial charge in [-0.05, 0) is 48.1 Å². The second kappa shape index (κ2) is 7.81. The number of hydrogen-bond donors (Lipinski definition) is 1. The highest BCUT2D eigenvalue weighted by Gasteiger charge is 2.13. The summed E-state index contributed by atoms with van der Waals surface area (Å²) in [4.78, 5) is 0. The molecule has 21 heavy (non-hydrogen) atoms. The maximum absolute atomic E-state index is 9.74. The molecule has 6 heteroatoms. The van der Waals surface area contributed by atoms with Gasteiger partial charge >= 0.3 is 0 Å². The van der Waals surface area contributed by atoms with Gasteiger partial charge in [-0.2, -0.15) is 0 Å². The largest absolute Gasteiger partial charge is 1.00 e. The highest BCUT2D eigenvalue weighted by atomic mass is 35.5. The van der Waals surface area contributed by atoms with Crippen LogP contribution < -0.4 is 21.8 Å². The Morgan fingerprint density at radius 1 is 1.43 bits per heavy atom. The van der Waals surface area contributed by atoms with Gasteiger partial charge in [0.1, 0.15) is 0 Å². The molecule has 0 fully saturated rings. The number of phenols is 1. The molecule has 0 aliphatic rings. The van der Waals surface area contributed by atoms with Gasteiger partial charge in [0.2, 0.25) is 0 Å². The first-order valence-electron chi connectivity index (χ1n) is 6.17. The zero-order valence-electron chi connectivity index (χ0n) is 11.9. The van der Waals surface area contributed by atoms with Crippen LogP contribution in [0.5, 0.6) is 11.5 Å². The molecule has 0 atom stereocenters. The fourth-order valence-corrected chi connectivity index (χ4v) is 2.59. The van der Waals surface area contributed by atoms with Gasteiger partial charge in [0.15, 0.2) is 23.1 Å². The van der Waals surface area contributed by atoms with Crippen molar-refractivity contribution in [3.63, 3.8) is 0 Å². The number of allylic oxidation sites excluding steroid dienone is 1. The summed E-state index contributed by atoms with van der Waals surface area (Å²) in [7, 11) is 1.53. The average Bonchev–Trinajstić information content (AvgIpc) is 2.77. The summed E-state index contributed by atoms with van der Waals surface area (Å²) in [5.74, 6) is 0.603. The van der Waals surface area contributed by atoms with E-state index in [0.29, 0.717) is 12.3 Å². The fraction of sp³-hybridized carbons (Fsp3) is 0.200. The summed E-state index contributed by atoms with van der Waals surface area (Å²) in [6.07, 6.45) is 5.73. The van der Waals surface area contributed by atoms with Gasteiger partial charge < -0.3 is 22.3 Å². The van der Waals surface area contributed by atoms with E-state index < -0.39 is 0 Å². The summed E-state index contributed by atoms with van der Waals surface area (Å²) >= 11 is 1.62. The van der Waals surface area contributed by atoms with Crippen LogP contribution in [-0.2, 0) is 6.54 Å². The Balaban J connectivity index is 0.00000220. The highest BCUT2D eigenvalue weighted by molar-refractivity contribution is 7.11. The minimum absolute atomic E-state index is 0. The van der Waals surface area contributed by atoms with Gasteiger partial charge in [0, 0.05) is 11.2 Å². The number of aromatic nitrogens is 2. The second-order valence-corrected chi connectivity index (χ2v) is 5.41. The van der Waals surface area contributed by atoms with Crippen LogP contribution in [0.1, 0.15) is 15.6 Å². The van der Waals surface area contributed by atoms with Gasteiger partial charge in [-0.1, -0.05) is 17.3 Å². The molecule has 0 unspecified atom stereocenters. The van der Waals surface area contributed by atoms with Crippen molar-refractivity contribution in [1.29, 1.82) is 0 Å². The molecule has 0 aliphatic heterocycles. The number of halogens is 1. The molecule has 0 bridgehead atoms. The summed E-state index contributed by atoms with van der Waals surface area (Å²) in [6.45, 7) is 6.38. The van der Waals surface area contributed by atoms with Crippen LogP contribution >= 0.6 is 11.3 Å². The Morgan fingerprint density at radius 2 is 2.19 bits per heavy atom. The topological polar surface area (TPSA) is 46.2 Å². The number of rotatable bonds is 5. The Labute approximate surface area is 134 Å². The van der Waals surface area contributed by atoms with Crippen LogP contribution in [0.3, 0.4) is 0 Å². The molecule has 0 spiro atoms. The predicted octanol–water partition coefficient (Wildman–Crippen LogP) is -0.186. The maximum Gasteiger partial charge on any atom is 0.289 e. The van der Waals surface area contributed by atoms with E-state index >= 15 is 0 Å². The first-order chi connectivity index (χ1) is 9.63. The Hall–Kier alpha value is -1.85. The summed E-state index contributed by atoms with van der Waals surface area (Å²) in [5.41, 5.74) is 0.902. The van der Waals surface area contributed by atoms with Crippen LogP contribution in [-0.4, -0.2) is 17.3 Å². The summed E-state index contributed by atoms with van der Waals surface area (Å²) in [5, 5.41) is 16.2. The molecular formula is C15H17ClN2O2S. The van der Waals surface area contributed by atoms with Crippen molar-refractivity contribution in [1.82, 2.24) is 5.10 Å². The molecule has 1 heterocycles. The van der Waals surface area contributed by atoms with Gasteiger partial charge in [-0.25, -0.2) is 0 Å². The predicted molar refractivity (Wildman–Crippen MR) is 80.8 cm³/mol. The highest BCUT2D eigenvalue weighted by Crippen LogP contribution is 2.27. The number of nitrogens with zero attached hydrogens (tertiary/aromatic N) is 2. The molecule has 0 saturated heterocycles. The van der Waals surface area contributed by atoms with E-state index in [4.69, 9.17) is 4.74 Å². The van der Waals surface area contributed by atoms with E-state index in [-0.39, 0.29) is 18.2 Å². The minimum atomic E-state index is 0. The number of aromatic hydroxyl groups is 1. The minimum Gasteiger partial charge on any atom is -1.00 e. The molecule has 1 aromatic carbocycles. The van der Waals surface area contributed by atoms with Crippen molar-refractivity contribution in [2.24, 2.45) is 0 Å². The van der Waals surface area contributed by atoms with Crippen molar-refractivity contribution in [3.8, 4) is 11.5 Å². The van der Waals surface area contributed by atoms with Crippen molar-refractivity contribution in [3.05, 3.63) is 46.4 Å².